The molecule has 1 radical (unpaired) electrons. The number of aromatic hydroxyl groups is 1. The van der Waals surface area contributed by atoms with Crippen molar-refractivity contribution in [1.82, 2.24) is 4.98 Å². The Hall–Kier alpha value is -2.86. The molecule has 0 aliphatic carbocycles. The summed E-state index contributed by atoms with van der Waals surface area (Å²) in [4.78, 5) is 4.03. The monoisotopic (exact) mass is 510 g/mol. The Morgan fingerprint density at radius 2 is 0.968 bits per heavy atom. The van der Waals surface area contributed by atoms with Crippen molar-refractivity contribution in [3.05, 3.63) is 128 Å². The van der Waals surface area contributed by atoms with Gasteiger partial charge in [-0.3, -0.25) is 4.98 Å². The second kappa shape index (κ2) is 11.5. The summed E-state index contributed by atoms with van der Waals surface area (Å²) >= 11 is 0. The van der Waals surface area contributed by atoms with Crippen molar-refractivity contribution in [2.45, 2.75) is 0 Å². The fourth-order valence-electron chi connectivity index (χ4n) is 3.27. The second-order valence-electron chi connectivity index (χ2n) is 6.69. The Morgan fingerprint density at radius 3 is 1.42 bits per heavy atom. The molecular weight excluding hydrogens is 488 g/mol. The molecule has 1 aromatic heterocycles. The molecule has 0 aliphatic heterocycles. The van der Waals surface area contributed by atoms with Crippen molar-refractivity contribution in [3.63, 3.8) is 0 Å². The van der Waals surface area contributed by atoms with E-state index in [-0.39, 0.29) is 25.2 Å². The number of phenols is 1. The van der Waals surface area contributed by atoms with Crippen LogP contribution in [0.4, 0.5) is 0 Å². The average Bonchev–Trinajstić information content (AvgIpc) is 2.82. The van der Waals surface area contributed by atoms with E-state index >= 15 is 0 Å². The zero-order chi connectivity index (χ0) is 20.6. The van der Waals surface area contributed by atoms with E-state index in [1.807, 2.05) is 18.2 Å². The van der Waals surface area contributed by atoms with Crippen LogP contribution in [-0.2, 0) is 19.5 Å². The van der Waals surface area contributed by atoms with Crippen LogP contribution in [0.1, 0.15) is 0 Å². The van der Waals surface area contributed by atoms with Crippen molar-refractivity contribution in [3.8, 4) is 5.75 Å². The number of fused-ring (bicyclic) bond motifs is 1. The Bertz CT molecular complexity index is 1100. The maximum Gasteiger partial charge on any atom is 0.141 e. The molecule has 0 aliphatic rings. The standard InChI is InChI=1S/C18H15P.C9H7NO.Rh/c1-4-10-16(11-5-1)19(17-12-6-2-7-13-17)18-14-8-3-9-15-18;11-8-5-1-3-7-4-2-6-10-9(7)8;/h1-15H;1-6,11H;. The number of hydrogen-bond donors (Lipinski definition) is 1. The van der Waals surface area contributed by atoms with Gasteiger partial charge in [-0.05, 0) is 36.0 Å². The van der Waals surface area contributed by atoms with E-state index < -0.39 is 7.92 Å². The smallest absolute Gasteiger partial charge is 0.141 e. The van der Waals surface area contributed by atoms with Gasteiger partial charge in [-0.1, -0.05) is 109 Å². The van der Waals surface area contributed by atoms with Gasteiger partial charge in [0.25, 0.3) is 0 Å². The Balaban J connectivity index is 0.000000194. The summed E-state index contributed by atoms with van der Waals surface area (Å²) in [6, 6.07) is 41.5. The molecule has 0 saturated carbocycles. The molecule has 1 N–H and O–H groups in total. The zero-order valence-electron chi connectivity index (χ0n) is 16.8. The predicted octanol–water partition coefficient (Wildman–Crippen LogP) is 5.38. The third-order valence-electron chi connectivity index (χ3n) is 4.65. The summed E-state index contributed by atoms with van der Waals surface area (Å²) in [6.07, 6.45) is 1.67. The third-order valence-corrected chi connectivity index (χ3v) is 7.10. The van der Waals surface area contributed by atoms with E-state index in [0.29, 0.717) is 5.52 Å². The molecule has 0 unspecified atom stereocenters. The van der Waals surface area contributed by atoms with E-state index in [9.17, 15) is 5.11 Å². The minimum Gasteiger partial charge on any atom is -0.506 e. The molecule has 4 heteroatoms. The Kier molecular flexibility index (Phi) is 8.47. The normalized spacial score (nSPS) is 10.1. The van der Waals surface area contributed by atoms with Crippen molar-refractivity contribution in [2.75, 3.05) is 0 Å². The van der Waals surface area contributed by atoms with Gasteiger partial charge in [-0.15, -0.1) is 0 Å². The molecule has 5 aromatic rings. The van der Waals surface area contributed by atoms with Gasteiger partial charge in [0.2, 0.25) is 0 Å². The molecule has 0 atom stereocenters. The largest absolute Gasteiger partial charge is 0.506 e. The molecule has 5 rings (SSSR count). The fourth-order valence-corrected chi connectivity index (χ4v) is 5.57. The molecule has 155 valence electrons. The molecule has 0 amide bonds. The first-order valence-corrected chi connectivity index (χ1v) is 11.1. The van der Waals surface area contributed by atoms with Crippen LogP contribution in [0.5, 0.6) is 5.75 Å². The molecule has 1 heterocycles. The van der Waals surface area contributed by atoms with Gasteiger partial charge < -0.3 is 5.11 Å². The van der Waals surface area contributed by atoms with Crippen LogP contribution in [0, 0.1) is 0 Å². The van der Waals surface area contributed by atoms with Gasteiger partial charge >= 0.3 is 0 Å². The molecule has 0 spiro atoms. The minimum absolute atomic E-state index is 0. The number of rotatable bonds is 3. The molecule has 0 fully saturated rings. The summed E-state index contributed by atoms with van der Waals surface area (Å²) in [5.41, 5.74) is 0.662. The van der Waals surface area contributed by atoms with Crippen molar-refractivity contribution < 1.29 is 24.6 Å². The summed E-state index contributed by atoms with van der Waals surface area (Å²) < 4.78 is 0. The van der Waals surface area contributed by atoms with Crippen LogP contribution in [0.25, 0.3) is 10.9 Å². The van der Waals surface area contributed by atoms with E-state index in [4.69, 9.17) is 0 Å². The molecule has 0 saturated heterocycles. The Morgan fingerprint density at radius 1 is 0.516 bits per heavy atom. The summed E-state index contributed by atoms with van der Waals surface area (Å²) in [6.45, 7) is 0. The first-order chi connectivity index (χ1) is 14.8. The summed E-state index contributed by atoms with van der Waals surface area (Å²) in [5.74, 6) is 0.239. The van der Waals surface area contributed by atoms with E-state index in [1.165, 1.54) is 15.9 Å². The molecular formula is C27H22NOPRh. The quantitative estimate of drug-likeness (QED) is 0.261. The van der Waals surface area contributed by atoms with Crippen LogP contribution >= 0.6 is 7.92 Å². The van der Waals surface area contributed by atoms with E-state index in [0.717, 1.165) is 5.39 Å². The molecule has 4 aromatic carbocycles. The molecule has 2 nitrogen and oxygen atoms in total. The Labute approximate surface area is 197 Å². The number of phenolic OH excluding ortho intramolecular Hbond substituents is 1. The van der Waals surface area contributed by atoms with Crippen molar-refractivity contribution in [1.29, 1.82) is 0 Å². The van der Waals surface area contributed by atoms with Gasteiger partial charge in [-0.2, -0.15) is 0 Å². The number of hydrogen-bond acceptors (Lipinski definition) is 2. The minimum atomic E-state index is -0.446. The van der Waals surface area contributed by atoms with E-state index in [1.54, 1.807) is 18.3 Å². The van der Waals surface area contributed by atoms with Gasteiger partial charge in [0.05, 0.1) is 0 Å². The number of pyridine rings is 1. The topological polar surface area (TPSA) is 33.1 Å². The van der Waals surface area contributed by atoms with Crippen LogP contribution in [0.3, 0.4) is 0 Å². The predicted molar refractivity (Wildman–Crippen MR) is 129 cm³/mol. The maximum absolute atomic E-state index is 9.31. The number of nitrogens with zero attached hydrogens (tertiary/aromatic N) is 1. The zero-order valence-corrected chi connectivity index (χ0v) is 19.3. The van der Waals surface area contributed by atoms with Crippen molar-refractivity contribution in [2.24, 2.45) is 0 Å². The van der Waals surface area contributed by atoms with Gasteiger partial charge in [0.15, 0.2) is 0 Å². The van der Waals surface area contributed by atoms with Gasteiger partial charge in [-0.25, -0.2) is 0 Å². The number of benzene rings is 4. The van der Waals surface area contributed by atoms with Crippen LogP contribution in [-0.4, -0.2) is 10.1 Å². The summed E-state index contributed by atoms with van der Waals surface area (Å²) in [7, 11) is -0.446. The number of aromatic nitrogens is 1. The van der Waals surface area contributed by atoms with Crippen LogP contribution in [0.15, 0.2) is 128 Å². The fraction of sp³-hybridized carbons (Fsp3) is 0. The summed E-state index contributed by atoms with van der Waals surface area (Å²) in [5, 5.41) is 14.5. The van der Waals surface area contributed by atoms with Crippen LogP contribution < -0.4 is 15.9 Å². The SMILES string of the molecule is Oc1cccc2cccnc12.[Rh].c1ccc(P(c2ccccc2)c2ccccc2)cc1. The first kappa shape index (κ1) is 22.8. The second-order valence-corrected chi connectivity index (χ2v) is 8.91. The van der Waals surface area contributed by atoms with E-state index in [2.05, 4.69) is 96.0 Å². The molecule has 31 heavy (non-hydrogen) atoms. The number of para-hydroxylation sites is 1. The molecule has 0 bridgehead atoms. The van der Waals surface area contributed by atoms with Crippen LogP contribution in [0.2, 0.25) is 0 Å². The van der Waals surface area contributed by atoms with Gasteiger partial charge in [0.1, 0.15) is 11.3 Å². The average molecular weight is 510 g/mol. The maximum atomic E-state index is 9.31. The first-order valence-electron chi connectivity index (χ1n) is 9.81. The van der Waals surface area contributed by atoms with Gasteiger partial charge in [0, 0.05) is 31.1 Å². The van der Waals surface area contributed by atoms with Crippen molar-refractivity contribution >= 4 is 34.7 Å². The third kappa shape index (κ3) is 5.85.